The lowest BCUT2D eigenvalue weighted by atomic mass is 9.96. The van der Waals surface area contributed by atoms with Gasteiger partial charge in [-0.1, -0.05) is 24.3 Å². The maximum atomic E-state index is 10.5. The number of ether oxygens (including phenoxy) is 1. The van der Waals surface area contributed by atoms with E-state index in [1.807, 2.05) is 23.0 Å². The number of hydrogen-bond donors (Lipinski definition) is 1. The molecule has 5 heterocycles. The van der Waals surface area contributed by atoms with Gasteiger partial charge in [-0.05, 0) is 114 Å². The normalized spacial score (nSPS) is 23.7. The molecule has 7 heteroatoms. The summed E-state index contributed by atoms with van der Waals surface area (Å²) >= 11 is 0. The van der Waals surface area contributed by atoms with Gasteiger partial charge in [0.25, 0.3) is 0 Å². The summed E-state index contributed by atoms with van der Waals surface area (Å²) in [6.45, 7) is 7.96. The first-order valence-electron chi connectivity index (χ1n) is 15.9. The van der Waals surface area contributed by atoms with Crippen LogP contribution in [0.4, 0.5) is 0 Å². The van der Waals surface area contributed by atoms with Crippen molar-refractivity contribution in [1.29, 1.82) is 0 Å². The van der Waals surface area contributed by atoms with Crippen LogP contribution in [-0.2, 0) is 23.2 Å². The van der Waals surface area contributed by atoms with Crippen LogP contribution in [0, 0.1) is 0 Å². The molecule has 0 bridgehead atoms. The Bertz CT molecular complexity index is 1570. The van der Waals surface area contributed by atoms with Crippen LogP contribution >= 0.6 is 0 Å². The van der Waals surface area contributed by atoms with Crippen LogP contribution in [0.2, 0.25) is 0 Å². The van der Waals surface area contributed by atoms with Crippen LogP contribution in [0.3, 0.4) is 0 Å². The van der Waals surface area contributed by atoms with Gasteiger partial charge in [0.15, 0.2) is 11.9 Å². The molecule has 7 nitrogen and oxygen atoms in total. The topological polar surface area (TPSA) is 76.3 Å². The Hall–Kier alpha value is -3.13. The van der Waals surface area contributed by atoms with Crippen LogP contribution in [0.25, 0.3) is 33.5 Å². The summed E-state index contributed by atoms with van der Waals surface area (Å²) in [5, 5.41) is 16.5. The molecule has 0 radical (unpaired) electrons. The summed E-state index contributed by atoms with van der Waals surface area (Å²) in [4.78, 5) is 12.5. The van der Waals surface area contributed by atoms with Gasteiger partial charge >= 0.3 is 0 Å². The van der Waals surface area contributed by atoms with Gasteiger partial charge in [-0.15, -0.1) is 0 Å². The molecule has 1 N–H and O–H groups in total. The average molecular weight is 566 g/mol. The van der Waals surface area contributed by atoms with Gasteiger partial charge in [-0.3, -0.25) is 9.88 Å². The summed E-state index contributed by atoms with van der Waals surface area (Å²) in [7, 11) is 0. The van der Waals surface area contributed by atoms with Crippen LogP contribution in [-0.4, -0.2) is 55.0 Å². The van der Waals surface area contributed by atoms with Crippen LogP contribution in [0.5, 0.6) is 0 Å². The lowest BCUT2D eigenvalue weighted by Gasteiger charge is -2.30. The molecule has 3 atom stereocenters. The molecular weight excluding hydrogens is 522 g/mol. The highest BCUT2D eigenvalue weighted by Crippen LogP contribution is 2.36. The second-order valence-corrected chi connectivity index (χ2v) is 13.1. The number of pyridine rings is 2. The number of nitrogens with zero attached hydrogens (tertiary/aromatic N) is 5. The van der Waals surface area contributed by atoms with E-state index in [0.29, 0.717) is 6.04 Å². The van der Waals surface area contributed by atoms with Crippen molar-refractivity contribution in [2.24, 2.45) is 0 Å². The van der Waals surface area contributed by atoms with Crippen molar-refractivity contribution in [2.75, 3.05) is 13.2 Å². The van der Waals surface area contributed by atoms with Crippen molar-refractivity contribution in [1.82, 2.24) is 24.6 Å². The van der Waals surface area contributed by atoms with Crippen LogP contribution < -0.4 is 0 Å². The molecule has 0 saturated carbocycles. The SMILES string of the molecule is C[C@@H]1CCCN1C1CCc2ccc(-c3cnc4c(c3)c(-c3ccc(C(C)(C)O)cn3)nn4C3CCCCO3)cc2CC1. The molecule has 4 aromatic rings. The highest BCUT2D eigenvalue weighted by molar-refractivity contribution is 5.93. The maximum absolute atomic E-state index is 10.5. The molecule has 3 aliphatic rings. The molecule has 0 spiro atoms. The van der Waals surface area contributed by atoms with Gasteiger partial charge in [-0.25, -0.2) is 9.67 Å². The van der Waals surface area contributed by atoms with Gasteiger partial charge in [0.1, 0.15) is 5.69 Å². The van der Waals surface area contributed by atoms with Crippen molar-refractivity contribution in [3.63, 3.8) is 0 Å². The fourth-order valence-corrected chi connectivity index (χ4v) is 7.28. The zero-order chi connectivity index (χ0) is 28.8. The Kier molecular flexibility index (Phi) is 7.37. The number of hydrogen-bond acceptors (Lipinski definition) is 6. The van der Waals surface area contributed by atoms with Crippen molar-refractivity contribution < 1.29 is 9.84 Å². The fraction of sp³-hybridized carbons (Fsp3) is 0.514. The monoisotopic (exact) mass is 565 g/mol. The van der Waals surface area contributed by atoms with E-state index in [4.69, 9.17) is 19.8 Å². The molecule has 2 saturated heterocycles. The van der Waals surface area contributed by atoms with E-state index in [1.165, 1.54) is 48.9 Å². The van der Waals surface area contributed by atoms with E-state index in [1.54, 1.807) is 20.0 Å². The second-order valence-electron chi connectivity index (χ2n) is 13.1. The molecule has 42 heavy (non-hydrogen) atoms. The van der Waals surface area contributed by atoms with E-state index >= 15 is 0 Å². The molecule has 2 unspecified atom stereocenters. The number of aliphatic hydroxyl groups is 1. The summed E-state index contributed by atoms with van der Waals surface area (Å²) in [5.74, 6) is 0. The predicted molar refractivity (Wildman–Crippen MR) is 166 cm³/mol. The summed E-state index contributed by atoms with van der Waals surface area (Å²) in [6.07, 6.45) is 14.2. The average Bonchev–Trinajstić information content (AvgIpc) is 3.54. The van der Waals surface area contributed by atoms with E-state index in [0.717, 1.165) is 78.3 Å². The number of benzene rings is 1. The van der Waals surface area contributed by atoms with Crippen molar-refractivity contribution in [3.05, 3.63) is 65.5 Å². The third kappa shape index (κ3) is 5.27. The smallest absolute Gasteiger partial charge is 0.161 e. The summed E-state index contributed by atoms with van der Waals surface area (Å²) in [6, 6.07) is 14.5. The minimum Gasteiger partial charge on any atom is -0.386 e. The van der Waals surface area contributed by atoms with Gasteiger partial charge in [-0.2, -0.15) is 5.10 Å². The highest BCUT2D eigenvalue weighted by atomic mass is 16.5. The molecular formula is C35H43N5O2. The Morgan fingerprint density at radius 2 is 1.74 bits per heavy atom. The molecule has 220 valence electrons. The number of likely N-dealkylation sites (tertiary alicyclic amines) is 1. The predicted octanol–water partition coefficient (Wildman–Crippen LogP) is 6.82. The van der Waals surface area contributed by atoms with Crippen molar-refractivity contribution in [3.8, 4) is 22.5 Å². The van der Waals surface area contributed by atoms with Gasteiger partial charge in [0.05, 0.1) is 11.3 Å². The first kappa shape index (κ1) is 27.7. The van der Waals surface area contributed by atoms with Crippen LogP contribution in [0.1, 0.15) is 88.6 Å². The zero-order valence-electron chi connectivity index (χ0n) is 25.2. The molecule has 1 aliphatic carbocycles. The molecule has 3 aromatic heterocycles. The molecule has 7 rings (SSSR count). The fourth-order valence-electron chi connectivity index (χ4n) is 7.28. The van der Waals surface area contributed by atoms with Crippen LogP contribution in [0.15, 0.2) is 48.8 Å². The molecule has 1 aromatic carbocycles. The number of aromatic nitrogens is 4. The number of aryl methyl sites for hydroxylation is 2. The van der Waals surface area contributed by atoms with E-state index in [2.05, 4.69) is 36.1 Å². The second kappa shape index (κ2) is 11.2. The zero-order valence-corrected chi connectivity index (χ0v) is 25.2. The number of fused-ring (bicyclic) bond motifs is 2. The van der Waals surface area contributed by atoms with Gasteiger partial charge in [0.2, 0.25) is 0 Å². The van der Waals surface area contributed by atoms with Gasteiger partial charge < -0.3 is 9.84 Å². The molecule has 0 amide bonds. The third-order valence-corrected chi connectivity index (χ3v) is 9.79. The summed E-state index contributed by atoms with van der Waals surface area (Å²) in [5.41, 5.74) is 7.50. The molecule has 2 fully saturated rings. The maximum Gasteiger partial charge on any atom is 0.161 e. The Labute approximate surface area is 248 Å². The Balaban J connectivity index is 1.24. The summed E-state index contributed by atoms with van der Waals surface area (Å²) < 4.78 is 8.08. The standard InChI is InChI=1S/C35H43N5O2/c1-23-7-6-17-39(23)29-14-11-24-9-10-26(19-25(24)12-15-29)27-20-30-33(31-16-13-28(22-36-31)35(2,3)41)38-40(34(30)37-21-27)32-8-4-5-18-42-32/h9-10,13,16,19-23,29,32,41H,4-8,11-12,14-15,17-18H2,1-3H3/t23-,29?,32?/m1/s1. The number of rotatable bonds is 5. The molecule has 2 aliphatic heterocycles. The Morgan fingerprint density at radius 1 is 0.881 bits per heavy atom. The lowest BCUT2D eigenvalue weighted by molar-refractivity contribution is -0.0368. The first-order valence-corrected chi connectivity index (χ1v) is 15.9. The minimum atomic E-state index is -0.949. The van der Waals surface area contributed by atoms with Gasteiger partial charge in [0, 0.05) is 47.6 Å². The van der Waals surface area contributed by atoms with Crippen molar-refractivity contribution in [2.45, 2.75) is 102 Å². The highest BCUT2D eigenvalue weighted by Gasteiger charge is 2.29. The Morgan fingerprint density at radius 3 is 2.45 bits per heavy atom. The van der Waals surface area contributed by atoms with Crippen molar-refractivity contribution >= 4 is 11.0 Å². The quantitative estimate of drug-likeness (QED) is 0.268. The van der Waals surface area contributed by atoms with E-state index < -0.39 is 5.60 Å². The third-order valence-electron chi connectivity index (χ3n) is 9.79. The lowest BCUT2D eigenvalue weighted by Crippen LogP contribution is -2.37. The first-order chi connectivity index (χ1) is 20.3. The van der Waals surface area contributed by atoms with E-state index in [9.17, 15) is 5.11 Å². The van der Waals surface area contributed by atoms with E-state index in [-0.39, 0.29) is 6.23 Å². The largest absolute Gasteiger partial charge is 0.386 e. The minimum absolute atomic E-state index is 0.122.